The molecule has 5 rings (SSSR count). The van der Waals surface area contributed by atoms with Crippen molar-refractivity contribution in [3.05, 3.63) is 120 Å². The van der Waals surface area contributed by atoms with E-state index in [0.717, 1.165) is 39.8 Å². The molecule has 188 valence electrons. The fraction of sp³-hybridized carbons (Fsp3) is 0.129. The van der Waals surface area contributed by atoms with Gasteiger partial charge in [0.2, 0.25) is 0 Å². The number of hydrogen-bond acceptors (Lipinski definition) is 5. The molecule has 0 atom stereocenters. The SMILES string of the molecule is COc1cc(C=O)ccc1OCc1ccccc1.COc1cc2cc[nH]c2cc1OCc1ccccc1. The number of carbonyl (C=O) groups excluding carboxylic acids is 1. The molecule has 0 radical (unpaired) electrons. The van der Waals surface area contributed by atoms with Gasteiger partial charge >= 0.3 is 0 Å². The minimum atomic E-state index is 0.470. The third kappa shape index (κ3) is 6.92. The van der Waals surface area contributed by atoms with Crippen molar-refractivity contribution in [3.63, 3.8) is 0 Å². The highest BCUT2D eigenvalue weighted by atomic mass is 16.5. The van der Waals surface area contributed by atoms with Crippen LogP contribution in [0, 0.1) is 0 Å². The number of methoxy groups -OCH3 is 2. The van der Waals surface area contributed by atoms with Crippen molar-refractivity contribution in [2.45, 2.75) is 13.2 Å². The second kappa shape index (κ2) is 12.8. The van der Waals surface area contributed by atoms with Crippen molar-refractivity contribution in [3.8, 4) is 23.0 Å². The lowest BCUT2D eigenvalue weighted by Crippen LogP contribution is -1.98. The minimum absolute atomic E-state index is 0.470. The first-order chi connectivity index (χ1) is 18.2. The molecule has 0 unspecified atom stereocenters. The molecule has 0 aliphatic rings. The van der Waals surface area contributed by atoms with Crippen LogP contribution in [0.2, 0.25) is 0 Å². The van der Waals surface area contributed by atoms with Crippen LogP contribution >= 0.6 is 0 Å². The molecule has 0 saturated carbocycles. The molecule has 6 nitrogen and oxygen atoms in total. The van der Waals surface area contributed by atoms with Crippen LogP contribution in [0.3, 0.4) is 0 Å². The Morgan fingerprint density at radius 1 is 0.649 bits per heavy atom. The van der Waals surface area contributed by atoms with Gasteiger partial charge in [-0.05, 0) is 41.5 Å². The number of hydrogen-bond donors (Lipinski definition) is 1. The van der Waals surface area contributed by atoms with E-state index in [1.165, 1.54) is 0 Å². The number of fused-ring (bicyclic) bond motifs is 1. The zero-order chi connectivity index (χ0) is 25.9. The van der Waals surface area contributed by atoms with Gasteiger partial charge in [0.1, 0.15) is 19.5 Å². The van der Waals surface area contributed by atoms with E-state index in [2.05, 4.69) is 4.98 Å². The number of aldehydes is 1. The molecule has 1 N–H and O–H groups in total. The Hall–Kier alpha value is -4.71. The number of rotatable bonds is 9. The normalized spacial score (nSPS) is 10.2. The van der Waals surface area contributed by atoms with Gasteiger partial charge in [0.25, 0.3) is 0 Å². The summed E-state index contributed by atoms with van der Waals surface area (Å²) in [6, 6.07) is 31.0. The Kier molecular flexibility index (Phi) is 8.81. The molecule has 4 aromatic carbocycles. The molecule has 0 amide bonds. The number of aromatic amines is 1. The summed E-state index contributed by atoms with van der Waals surface area (Å²) in [5.41, 5.74) is 3.83. The quantitative estimate of drug-likeness (QED) is 0.227. The van der Waals surface area contributed by atoms with Gasteiger partial charge < -0.3 is 23.9 Å². The maximum Gasteiger partial charge on any atom is 0.163 e. The van der Waals surface area contributed by atoms with Crippen molar-refractivity contribution >= 4 is 17.2 Å². The molecule has 0 aliphatic heterocycles. The lowest BCUT2D eigenvalue weighted by molar-refractivity contribution is 0.112. The van der Waals surface area contributed by atoms with Gasteiger partial charge in [-0.2, -0.15) is 0 Å². The Bertz CT molecular complexity index is 1410. The number of carbonyl (C=O) groups is 1. The van der Waals surface area contributed by atoms with E-state index in [0.29, 0.717) is 30.3 Å². The molecule has 1 aromatic heterocycles. The van der Waals surface area contributed by atoms with Crippen LogP contribution in [-0.4, -0.2) is 25.5 Å². The van der Waals surface area contributed by atoms with Gasteiger partial charge in [0.15, 0.2) is 23.0 Å². The highest BCUT2D eigenvalue weighted by molar-refractivity contribution is 5.83. The van der Waals surface area contributed by atoms with Crippen molar-refractivity contribution in [1.29, 1.82) is 0 Å². The Morgan fingerprint density at radius 2 is 1.24 bits per heavy atom. The highest BCUT2D eigenvalue weighted by Gasteiger charge is 2.08. The lowest BCUT2D eigenvalue weighted by Gasteiger charge is -2.11. The first-order valence-electron chi connectivity index (χ1n) is 11.8. The van der Waals surface area contributed by atoms with E-state index in [1.807, 2.05) is 85.1 Å². The van der Waals surface area contributed by atoms with Crippen LogP contribution in [-0.2, 0) is 13.2 Å². The van der Waals surface area contributed by atoms with E-state index in [9.17, 15) is 4.79 Å². The number of H-pyrrole nitrogens is 1. The maximum atomic E-state index is 10.7. The Morgan fingerprint density at radius 3 is 1.84 bits per heavy atom. The maximum absolute atomic E-state index is 10.7. The lowest BCUT2D eigenvalue weighted by atomic mass is 10.2. The Balaban J connectivity index is 0.000000173. The van der Waals surface area contributed by atoms with E-state index < -0.39 is 0 Å². The average Bonchev–Trinajstić information content (AvgIpc) is 3.43. The number of aromatic nitrogens is 1. The van der Waals surface area contributed by atoms with Crippen molar-refractivity contribution in [2.75, 3.05) is 14.2 Å². The summed E-state index contributed by atoms with van der Waals surface area (Å²) in [5, 5.41) is 1.11. The summed E-state index contributed by atoms with van der Waals surface area (Å²) in [4.78, 5) is 13.8. The smallest absolute Gasteiger partial charge is 0.163 e. The van der Waals surface area contributed by atoms with Crippen LogP contribution in [0.5, 0.6) is 23.0 Å². The van der Waals surface area contributed by atoms with Crippen LogP contribution in [0.4, 0.5) is 0 Å². The molecule has 37 heavy (non-hydrogen) atoms. The molecule has 5 aromatic rings. The fourth-order valence-corrected chi connectivity index (χ4v) is 3.68. The summed E-state index contributed by atoms with van der Waals surface area (Å²) in [6.07, 6.45) is 2.69. The number of ether oxygens (including phenoxy) is 4. The van der Waals surface area contributed by atoms with Crippen LogP contribution in [0.15, 0.2) is 103 Å². The second-order valence-electron chi connectivity index (χ2n) is 8.14. The summed E-state index contributed by atoms with van der Waals surface area (Å²) < 4.78 is 22.1. The molecule has 0 saturated heterocycles. The van der Waals surface area contributed by atoms with Crippen LogP contribution < -0.4 is 18.9 Å². The van der Waals surface area contributed by atoms with Gasteiger partial charge in [0, 0.05) is 28.7 Å². The first-order valence-corrected chi connectivity index (χ1v) is 11.8. The Labute approximate surface area is 216 Å². The highest BCUT2D eigenvalue weighted by Crippen LogP contribution is 2.32. The molecule has 1 heterocycles. The van der Waals surface area contributed by atoms with E-state index in [4.69, 9.17) is 18.9 Å². The van der Waals surface area contributed by atoms with Gasteiger partial charge in [-0.25, -0.2) is 0 Å². The molecular formula is C31H29NO5. The predicted octanol–water partition coefficient (Wildman–Crippen LogP) is 6.84. The predicted molar refractivity (Wildman–Crippen MR) is 145 cm³/mol. The molecule has 0 bridgehead atoms. The molecule has 0 aliphatic carbocycles. The van der Waals surface area contributed by atoms with Crippen LogP contribution in [0.1, 0.15) is 21.5 Å². The van der Waals surface area contributed by atoms with Gasteiger partial charge in [-0.15, -0.1) is 0 Å². The zero-order valence-electron chi connectivity index (χ0n) is 20.8. The monoisotopic (exact) mass is 495 g/mol. The van der Waals surface area contributed by atoms with E-state index >= 15 is 0 Å². The third-order valence-electron chi connectivity index (χ3n) is 5.64. The first kappa shape index (κ1) is 25.4. The summed E-state index contributed by atoms with van der Waals surface area (Å²) >= 11 is 0. The summed E-state index contributed by atoms with van der Waals surface area (Å²) in [5.74, 6) is 2.70. The van der Waals surface area contributed by atoms with E-state index in [1.54, 1.807) is 32.4 Å². The number of benzene rings is 4. The second-order valence-corrected chi connectivity index (χ2v) is 8.14. The van der Waals surface area contributed by atoms with Crippen molar-refractivity contribution in [1.82, 2.24) is 4.98 Å². The summed E-state index contributed by atoms with van der Waals surface area (Å²) in [7, 11) is 3.21. The number of nitrogens with one attached hydrogen (secondary N) is 1. The third-order valence-corrected chi connectivity index (χ3v) is 5.64. The summed E-state index contributed by atoms with van der Waals surface area (Å²) in [6.45, 7) is 1.00. The zero-order valence-corrected chi connectivity index (χ0v) is 20.8. The molecule has 6 heteroatoms. The van der Waals surface area contributed by atoms with Gasteiger partial charge in [0.05, 0.1) is 14.2 Å². The molecule has 0 spiro atoms. The van der Waals surface area contributed by atoms with Gasteiger partial charge in [-0.1, -0.05) is 60.7 Å². The van der Waals surface area contributed by atoms with Crippen molar-refractivity contribution in [2.24, 2.45) is 0 Å². The largest absolute Gasteiger partial charge is 0.493 e. The average molecular weight is 496 g/mol. The molecule has 0 fully saturated rings. The topological polar surface area (TPSA) is 69.8 Å². The van der Waals surface area contributed by atoms with Crippen molar-refractivity contribution < 1.29 is 23.7 Å². The fourth-order valence-electron chi connectivity index (χ4n) is 3.68. The molecular weight excluding hydrogens is 466 g/mol. The van der Waals surface area contributed by atoms with E-state index in [-0.39, 0.29) is 0 Å². The van der Waals surface area contributed by atoms with Crippen LogP contribution in [0.25, 0.3) is 10.9 Å². The standard InChI is InChI=1S/C16H15NO2.C15H14O3/c1-18-15-9-13-7-8-17-14(13)10-16(15)19-11-12-5-3-2-4-6-12;1-17-15-9-13(10-16)7-8-14(15)18-11-12-5-3-2-4-6-12/h2-10,17H,11H2,1H3;2-10H,11H2,1H3. The minimum Gasteiger partial charge on any atom is -0.493 e. The van der Waals surface area contributed by atoms with Gasteiger partial charge in [-0.3, -0.25) is 4.79 Å².